The van der Waals surface area contributed by atoms with Gasteiger partial charge < -0.3 is 20.1 Å². The maximum Gasteiger partial charge on any atom is 0.490 e. The molecular formula is C19H17F4N5O4. The van der Waals surface area contributed by atoms with Gasteiger partial charge in [-0.1, -0.05) is 6.07 Å². The van der Waals surface area contributed by atoms with E-state index in [9.17, 15) is 22.4 Å². The number of rotatable bonds is 3. The van der Waals surface area contributed by atoms with Gasteiger partial charge in [-0.05, 0) is 17.7 Å². The van der Waals surface area contributed by atoms with Gasteiger partial charge in [-0.3, -0.25) is 4.57 Å². The zero-order valence-corrected chi connectivity index (χ0v) is 16.2. The topological polar surface area (TPSA) is 120 Å². The molecule has 0 radical (unpaired) electrons. The van der Waals surface area contributed by atoms with E-state index < -0.39 is 36.2 Å². The van der Waals surface area contributed by atoms with Crippen molar-refractivity contribution < 1.29 is 34.9 Å². The van der Waals surface area contributed by atoms with Crippen molar-refractivity contribution in [3.8, 4) is 11.9 Å². The van der Waals surface area contributed by atoms with Gasteiger partial charge in [0.2, 0.25) is 5.88 Å². The second kappa shape index (κ2) is 9.23. The normalized spacial score (nSPS) is 19.3. The molecule has 170 valence electrons. The first-order valence-corrected chi connectivity index (χ1v) is 9.09. The fraction of sp³-hybridized carbons (Fsp3) is 0.368. The van der Waals surface area contributed by atoms with E-state index in [2.05, 4.69) is 10.3 Å². The molecule has 32 heavy (non-hydrogen) atoms. The molecule has 2 aromatic rings. The number of fused-ring (bicyclic) bond motifs is 3. The summed E-state index contributed by atoms with van der Waals surface area (Å²) in [5, 5.41) is 19.2. The Bertz CT molecular complexity index is 1200. The first-order valence-electron chi connectivity index (χ1n) is 10.1. The summed E-state index contributed by atoms with van der Waals surface area (Å²) in [4.78, 5) is 27.0. The number of carbonyl (C=O) groups is 1. The minimum absolute atomic E-state index is 0.00271. The zero-order chi connectivity index (χ0) is 25.3. The Balaban J connectivity index is 0.000000406. The van der Waals surface area contributed by atoms with Crippen LogP contribution in [-0.2, 0) is 17.9 Å². The molecule has 1 saturated heterocycles. The Labute approximate surface area is 181 Å². The van der Waals surface area contributed by atoms with Crippen LogP contribution in [-0.4, -0.2) is 52.5 Å². The van der Waals surface area contributed by atoms with E-state index in [1.54, 1.807) is 12.1 Å². The Morgan fingerprint density at radius 1 is 1.44 bits per heavy atom. The second-order valence-corrected chi connectivity index (χ2v) is 6.63. The predicted molar refractivity (Wildman–Crippen MR) is 102 cm³/mol. The van der Waals surface area contributed by atoms with Crippen molar-refractivity contribution >= 4 is 11.8 Å². The molecule has 2 aliphatic rings. The zero-order valence-electron chi connectivity index (χ0n) is 18.2. The number of carboxylic acids is 1. The molecule has 1 unspecified atom stereocenters. The summed E-state index contributed by atoms with van der Waals surface area (Å²) in [5.74, 6) is -2.88. The van der Waals surface area contributed by atoms with E-state index in [0.717, 1.165) is 4.57 Å². The van der Waals surface area contributed by atoms with Crippen molar-refractivity contribution in [1.29, 1.82) is 5.26 Å². The molecule has 9 nitrogen and oxygen atoms in total. The van der Waals surface area contributed by atoms with Crippen LogP contribution in [0.3, 0.4) is 0 Å². The summed E-state index contributed by atoms with van der Waals surface area (Å²) in [5.41, 5.74) is -0.251. The third-order valence-electron chi connectivity index (χ3n) is 4.48. The van der Waals surface area contributed by atoms with Gasteiger partial charge >= 0.3 is 17.8 Å². The summed E-state index contributed by atoms with van der Waals surface area (Å²) in [6.07, 6.45) is -5.08. The molecule has 3 heterocycles. The number of nitrogens with one attached hydrogen (secondary N) is 1. The SMILES string of the molecule is O=C(O)C(F)(F)F.[2H]C1([2H])C2CNCCN2c2cc(OCc3ccc(F)c(C#N)c3)nc(=O)n21. The molecule has 1 aromatic heterocycles. The molecule has 1 atom stereocenters. The van der Waals surface area contributed by atoms with Gasteiger partial charge in [0.1, 0.15) is 24.3 Å². The number of anilines is 1. The number of piperazine rings is 1. The lowest BCUT2D eigenvalue weighted by Crippen LogP contribution is -2.49. The van der Waals surface area contributed by atoms with Crippen molar-refractivity contribution in [2.75, 3.05) is 24.5 Å². The van der Waals surface area contributed by atoms with Crippen molar-refractivity contribution in [2.24, 2.45) is 0 Å². The fourth-order valence-electron chi connectivity index (χ4n) is 3.00. The van der Waals surface area contributed by atoms with Crippen molar-refractivity contribution in [2.45, 2.75) is 25.3 Å². The van der Waals surface area contributed by atoms with Crippen LogP contribution in [0.1, 0.15) is 13.9 Å². The molecule has 0 spiro atoms. The molecule has 0 amide bonds. The van der Waals surface area contributed by atoms with Gasteiger partial charge in [0.05, 0.1) is 20.8 Å². The number of nitrogens with zero attached hydrogens (tertiary/aromatic N) is 4. The van der Waals surface area contributed by atoms with Crippen LogP contribution < -0.4 is 20.6 Å². The molecule has 0 saturated carbocycles. The number of benzene rings is 1. The van der Waals surface area contributed by atoms with Crippen LogP contribution in [0.4, 0.5) is 23.4 Å². The molecule has 0 bridgehead atoms. The molecule has 2 N–H and O–H groups in total. The number of carboxylic acid groups (broad SMARTS) is 1. The highest BCUT2D eigenvalue weighted by Gasteiger charge is 2.38. The Kier molecular flexibility index (Phi) is 5.84. The number of hydrogen-bond acceptors (Lipinski definition) is 7. The minimum atomic E-state index is -5.08. The molecule has 2 aliphatic heterocycles. The quantitative estimate of drug-likeness (QED) is 0.661. The average Bonchev–Trinajstić information content (AvgIpc) is 3.00. The Hall–Kier alpha value is -3.66. The van der Waals surface area contributed by atoms with E-state index >= 15 is 0 Å². The summed E-state index contributed by atoms with van der Waals surface area (Å²) >= 11 is 0. The van der Waals surface area contributed by atoms with E-state index in [0.29, 0.717) is 31.0 Å². The van der Waals surface area contributed by atoms with Gasteiger partial charge in [0.15, 0.2) is 0 Å². The molecule has 13 heteroatoms. The number of ether oxygens (including phenoxy) is 1. The predicted octanol–water partition coefficient (Wildman–Crippen LogP) is 1.26. The number of nitriles is 1. The lowest BCUT2D eigenvalue weighted by atomic mass is 10.1. The standard InChI is InChI=1S/C17H16FN5O2.C2HF3O2/c18-14-2-1-11(5-12(14)7-19)10-25-15-6-16-22-4-3-20-8-13(22)9-23(16)17(24)21-15;3-2(4,5)1(6)7/h1-2,5-6,13,20H,3-4,8-10H2;(H,6,7)/i9D2;. The maximum atomic E-state index is 13.4. The van der Waals surface area contributed by atoms with Gasteiger partial charge in [-0.15, -0.1) is 0 Å². The number of aromatic nitrogens is 2. The Morgan fingerprint density at radius 2 is 2.16 bits per heavy atom. The molecule has 4 rings (SSSR count). The van der Waals surface area contributed by atoms with Crippen LogP contribution in [0.15, 0.2) is 29.1 Å². The molecule has 1 fully saturated rings. The molecule has 0 aliphatic carbocycles. The first-order chi connectivity index (χ1) is 15.9. The first kappa shape index (κ1) is 20.3. The minimum Gasteiger partial charge on any atom is -0.475 e. The lowest BCUT2D eigenvalue weighted by Gasteiger charge is -2.31. The summed E-state index contributed by atoms with van der Waals surface area (Å²) in [6.45, 7) is -0.189. The summed E-state index contributed by atoms with van der Waals surface area (Å²) < 4.78 is 68.4. The van der Waals surface area contributed by atoms with Crippen LogP contribution in [0.5, 0.6) is 5.88 Å². The van der Waals surface area contributed by atoms with Crippen LogP contribution >= 0.6 is 0 Å². The highest BCUT2D eigenvalue weighted by molar-refractivity contribution is 5.73. The van der Waals surface area contributed by atoms with Gasteiger partial charge in [-0.25, -0.2) is 14.0 Å². The van der Waals surface area contributed by atoms with Crippen molar-refractivity contribution in [3.05, 3.63) is 51.7 Å². The lowest BCUT2D eigenvalue weighted by molar-refractivity contribution is -0.192. The number of hydrogen-bond donors (Lipinski definition) is 2. The van der Waals surface area contributed by atoms with Crippen molar-refractivity contribution in [3.63, 3.8) is 0 Å². The van der Waals surface area contributed by atoms with Crippen LogP contribution in [0.25, 0.3) is 0 Å². The third kappa shape index (κ3) is 5.14. The van der Waals surface area contributed by atoms with E-state index in [1.807, 2.05) is 4.90 Å². The third-order valence-corrected chi connectivity index (χ3v) is 4.48. The summed E-state index contributed by atoms with van der Waals surface area (Å²) in [6, 6.07) is 6.86. The number of aliphatic carboxylic acids is 1. The maximum absolute atomic E-state index is 13.4. The number of alkyl halides is 3. The smallest absolute Gasteiger partial charge is 0.475 e. The van der Waals surface area contributed by atoms with E-state index in [-0.39, 0.29) is 18.1 Å². The van der Waals surface area contributed by atoms with E-state index in [1.165, 1.54) is 18.2 Å². The van der Waals surface area contributed by atoms with Gasteiger partial charge in [-0.2, -0.15) is 23.4 Å². The number of halogens is 4. The highest BCUT2D eigenvalue weighted by atomic mass is 19.4. The largest absolute Gasteiger partial charge is 0.490 e. The monoisotopic (exact) mass is 457 g/mol. The fourth-order valence-corrected chi connectivity index (χ4v) is 3.00. The van der Waals surface area contributed by atoms with Gasteiger partial charge in [0.25, 0.3) is 0 Å². The van der Waals surface area contributed by atoms with Crippen molar-refractivity contribution in [1.82, 2.24) is 14.9 Å². The summed E-state index contributed by atoms with van der Waals surface area (Å²) in [7, 11) is 0. The average molecular weight is 457 g/mol. The highest BCUT2D eigenvalue weighted by Crippen LogP contribution is 2.27. The Morgan fingerprint density at radius 3 is 2.81 bits per heavy atom. The second-order valence-electron chi connectivity index (χ2n) is 6.63. The van der Waals surface area contributed by atoms with E-state index in [4.69, 9.17) is 22.6 Å². The molecule has 1 aromatic carbocycles. The van der Waals surface area contributed by atoms with Gasteiger partial charge in [0, 0.05) is 25.7 Å². The molecular weight excluding hydrogens is 438 g/mol. The van der Waals surface area contributed by atoms with Crippen LogP contribution in [0, 0.1) is 17.1 Å². The van der Waals surface area contributed by atoms with Crippen LogP contribution in [0.2, 0.25) is 0 Å².